The molecule has 1 rings (SSSR count). The highest BCUT2D eigenvalue weighted by atomic mass is 15.2. The Balaban J connectivity index is 2.49. The second-order valence-electron chi connectivity index (χ2n) is 6.35. The fourth-order valence-electron chi connectivity index (χ4n) is 3.12. The maximum absolute atomic E-state index is 9.40. The first-order valence-electron chi connectivity index (χ1n) is 7.91. The lowest BCUT2D eigenvalue weighted by Gasteiger charge is -2.43. The van der Waals surface area contributed by atoms with Gasteiger partial charge in [-0.15, -0.1) is 0 Å². The van der Waals surface area contributed by atoms with Gasteiger partial charge in [-0.3, -0.25) is 5.32 Å². The van der Waals surface area contributed by atoms with Crippen LogP contribution in [0.25, 0.3) is 0 Å². The molecule has 1 aliphatic heterocycles. The summed E-state index contributed by atoms with van der Waals surface area (Å²) in [4.78, 5) is 2.47. The number of piperidine rings is 1. The summed E-state index contributed by atoms with van der Waals surface area (Å²) in [5.41, 5.74) is 0.171. The summed E-state index contributed by atoms with van der Waals surface area (Å²) in [5.74, 6) is 0. The van der Waals surface area contributed by atoms with Crippen LogP contribution in [-0.4, -0.2) is 36.6 Å². The molecule has 0 saturated carbocycles. The van der Waals surface area contributed by atoms with E-state index < -0.39 is 5.54 Å². The molecule has 3 heteroatoms. The van der Waals surface area contributed by atoms with Crippen LogP contribution in [0, 0.1) is 16.7 Å². The number of nitriles is 1. The van der Waals surface area contributed by atoms with Crippen molar-refractivity contribution in [2.75, 3.05) is 26.2 Å². The van der Waals surface area contributed by atoms with Gasteiger partial charge in [-0.2, -0.15) is 5.26 Å². The van der Waals surface area contributed by atoms with E-state index in [2.05, 4.69) is 37.1 Å². The molecule has 19 heavy (non-hydrogen) atoms. The third kappa shape index (κ3) is 4.47. The van der Waals surface area contributed by atoms with Gasteiger partial charge in [0.15, 0.2) is 0 Å². The highest BCUT2D eigenvalue weighted by molar-refractivity contribution is 5.06. The monoisotopic (exact) mass is 265 g/mol. The number of hydrogen-bond acceptors (Lipinski definition) is 3. The van der Waals surface area contributed by atoms with Gasteiger partial charge in [0, 0.05) is 6.54 Å². The Morgan fingerprint density at radius 3 is 2.21 bits per heavy atom. The van der Waals surface area contributed by atoms with Crippen LogP contribution >= 0.6 is 0 Å². The van der Waals surface area contributed by atoms with Crippen molar-refractivity contribution < 1.29 is 0 Å². The van der Waals surface area contributed by atoms with Gasteiger partial charge in [-0.05, 0) is 51.2 Å². The number of hydrogen-bond donors (Lipinski definition) is 1. The predicted molar refractivity (Wildman–Crippen MR) is 81.0 cm³/mol. The maximum Gasteiger partial charge on any atom is 0.116 e. The van der Waals surface area contributed by atoms with E-state index in [4.69, 9.17) is 0 Å². The molecule has 0 aromatic heterocycles. The molecule has 0 aromatic carbocycles. The molecule has 1 atom stereocenters. The molecule has 1 saturated heterocycles. The molecule has 0 aliphatic carbocycles. The first-order valence-corrected chi connectivity index (χ1v) is 7.91. The summed E-state index contributed by atoms with van der Waals surface area (Å²) in [7, 11) is 0. The standard InChI is InChI=1S/C16H31N3/c1-5-10-18-15(4,13-17)14-19-11-8-16(6-2,7-3)9-12-19/h18H,5-12,14H2,1-4H3. The van der Waals surface area contributed by atoms with Crippen molar-refractivity contribution in [3.63, 3.8) is 0 Å². The van der Waals surface area contributed by atoms with E-state index in [0.29, 0.717) is 5.41 Å². The highest BCUT2D eigenvalue weighted by Crippen LogP contribution is 2.38. The second-order valence-corrected chi connectivity index (χ2v) is 6.35. The molecule has 0 bridgehead atoms. The van der Waals surface area contributed by atoms with Gasteiger partial charge in [-0.25, -0.2) is 0 Å². The number of rotatable bonds is 7. The number of nitrogens with one attached hydrogen (secondary N) is 1. The molecule has 3 nitrogen and oxygen atoms in total. The third-order valence-electron chi connectivity index (χ3n) is 4.97. The molecule has 1 N–H and O–H groups in total. The van der Waals surface area contributed by atoms with Gasteiger partial charge in [0.1, 0.15) is 5.54 Å². The van der Waals surface area contributed by atoms with Gasteiger partial charge in [0.2, 0.25) is 0 Å². The summed E-state index contributed by atoms with van der Waals surface area (Å²) in [5, 5.41) is 12.8. The Morgan fingerprint density at radius 1 is 1.21 bits per heavy atom. The zero-order chi connectivity index (χ0) is 14.4. The fourth-order valence-corrected chi connectivity index (χ4v) is 3.12. The molecule has 1 fully saturated rings. The molecule has 110 valence electrons. The Bertz CT molecular complexity index is 294. The average Bonchev–Trinajstić information content (AvgIpc) is 2.46. The van der Waals surface area contributed by atoms with E-state index in [1.54, 1.807) is 0 Å². The summed E-state index contributed by atoms with van der Waals surface area (Å²) in [6, 6.07) is 2.46. The Kier molecular flexibility index (Phi) is 6.29. The Labute approximate surface area is 119 Å². The van der Waals surface area contributed by atoms with Crippen LogP contribution < -0.4 is 5.32 Å². The molecule has 0 amide bonds. The molecule has 0 aromatic rings. The molecule has 0 radical (unpaired) electrons. The van der Waals surface area contributed by atoms with Crippen LogP contribution in [-0.2, 0) is 0 Å². The molecule has 0 spiro atoms. The fraction of sp³-hybridized carbons (Fsp3) is 0.938. The Hall–Kier alpha value is -0.590. The lowest BCUT2D eigenvalue weighted by molar-refractivity contribution is 0.0829. The maximum atomic E-state index is 9.40. The zero-order valence-corrected chi connectivity index (χ0v) is 13.3. The topological polar surface area (TPSA) is 39.1 Å². The molecule has 1 heterocycles. The van der Waals surface area contributed by atoms with E-state index in [1.165, 1.54) is 25.7 Å². The van der Waals surface area contributed by atoms with Crippen LogP contribution in [0.5, 0.6) is 0 Å². The van der Waals surface area contributed by atoms with Crippen LogP contribution in [0.2, 0.25) is 0 Å². The largest absolute Gasteiger partial charge is 0.300 e. The van der Waals surface area contributed by atoms with Crippen LogP contribution in [0.1, 0.15) is 59.8 Å². The normalized spacial score (nSPS) is 22.7. The molecule has 1 unspecified atom stereocenters. The van der Waals surface area contributed by atoms with Crippen molar-refractivity contribution in [2.24, 2.45) is 5.41 Å². The quantitative estimate of drug-likeness (QED) is 0.768. The predicted octanol–water partition coefficient (Wildman–Crippen LogP) is 3.17. The summed E-state index contributed by atoms with van der Waals surface area (Å²) in [6.07, 6.45) is 6.23. The van der Waals surface area contributed by atoms with Gasteiger partial charge < -0.3 is 4.90 Å². The minimum atomic E-state index is -0.394. The van der Waals surface area contributed by atoms with Crippen LogP contribution in [0.3, 0.4) is 0 Å². The minimum Gasteiger partial charge on any atom is -0.300 e. The van der Waals surface area contributed by atoms with Gasteiger partial charge >= 0.3 is 0 Å². The zero-order valence-electron chi connectivity index (χ0n) is 13.3. The summed E-state index contributed by atoms with van der Waals surface area (Å²) >= 11 is 0. The van der Waals surface area contributed by atoms with Crippen molar-refractivity contribution in [2.45, 2.75) is 65.3 Å². The summed E-state index contributed by atoms with van der Waals surface area (Å²) < 4.78 is 0. The lowest BCUT2D eigenvalue weighted by Crippen LogP contribution is -2.53. The first kappa shape index (κ1) is 16.5. The van der Waals surface area contributed by atoms with Crippen molar-refractivity contribution >= 4 is 0 Å². The van der Waals surface area contributed by atoms with Gasteiger partial charge in [0.05, 0.1) is 6.07 Å². The number of nitrogens with zero attached hydrogens (tertiary/aromatic N) is 2. The van der Waals surface area contributed by atoms with Crippen molar-refractivity contribution in [3.8, 4) is 6.07 Å². The highest BCUT2D eigenvalue weighted by Gasteiger charge is 2.34. The molecule has 1 aliphatic rings. The first-order chi connectivity index (χ1) is 9.03. The van der Waals surface area contributed by atoms with Gasteiger partial charge in [0.25, 0.3) is 0 Å². The molecular weight excluding hydrogens is 234 g/mol. The SMILES string of the molecule is CCCNC(C)(C#N)CN1CCC(CC)(CC)CC1. The van der Waals surface area contributed by atoms with E-state index in [-0.39, 0.29) is 0 Å². The molecular formula is C16H31N3. The Morgan fingerprint density at radius 2 is 1.79 bits per heavy atom. The number of likely N-dealkylation sites (tertiary alicyclic amines) is 1. The minimum absolute atomic E-state index is 0.394. The van der Waals surface area contributed by atoms with E-state index in [0.717, 1.165) is 32.6 Å². The van der Waals surface area contributed by atoms with Gasteiger partial charge in [-0.1, -0.05) is 33.6 Å². The third-order valence-corrected chi connectivity index (χ3v) is 4.97. The van der Waals surface area contributed by atoms with Crippen LogP contribution in [0.15, 0.2) is 0 Å². The van der Waals surface area contributed by atoms with Crippen molar-refractivity contribution in [1.82, 2.24) is 10.2 Å². The lowest BCUT2D eigenvalue weighted by atomic mass is 9.74. The second kappa shape index (κ2) is 7.26. The summed E-state index contributed by atoms with van der Waals surface area (Å²) in [6.45, 7) is 12.9. The van der Waals surface area contributed by atoms with Crippen molar-refractivity contribution in [1.29, 1.82) is 5.26 Å². The average molecular weight is 265 g/mol. The van der Waals surface area contributed by atoms with E-state index >= 15 is 0 Å². The van der Waals surface area contributed by atoms with E-state index in [1.807, 2.05) is 6.92 Å². The van der Waals surface area contributed by atoms with E-state index in [9.17, 15) is 5.26 Å². The van der Waals surface area contributed by atoms with Crippen LogP contribution in [0.4, 0.5) is 0 Å². The van der Waals surface area contributed by atoms with Crippen molar-refractivity contribution in [3.05, 3.63) is 0 Å². The smallest absolute Gasteiger partial charge is 0.116 e.